The van der Waals surface area contributed by atoms with Crippen LogP contribution < -0.4 is 5.32 Å². The van der Waals surface area contributed by atoms with Crippen molar-refractivity contribution < 1.29 is 23.5 Å². The Hall–Kier alpha value is -1.08. The van der Waals surface area contributed by atoms with E-state index in [1.54, 1.807) is 20.8 Å². The predicted octanol–water partition coefficient (Wildman–Crippen LogP) is 1.52. The zero-order chi connectivity index (χ0) is 15.9. The Labute approximate surface area is 136 Å². The number of ether oxygens (including phenoxy) is 2. The standard InChI is InChI=1S/C14H23FN2O4.ClH/c1-12(2,3)21-11(19)17-6-5-13(10(18)20-4)7-16-8-14(13,15)9-17;/h16H,5-9H2,1-4H3;1H. The van der Waals surface area contributed by atoms with Gasteiger partial charge in [-0.05, 0) is 27.2 Å². The SMILES string of the molecule is COC(=O)C12CCN(C(=O)OC(C)(C)C)CC1(F)CNC2.Cl. The Bertz CT molecular complexity index is 457. The van der Waals surface area contributed by atoms with E-state index >= 15 is 4.39 Å². The molecule has 0 aliphatic carbocycles. The van der Waals surface area contributed by atoms with Gasteiger partial charge in [0.2, 0.25) is 0 Å². The number of rotatable bonds is 1. The largest absolute Gasteiger partial charge is 0.468 e. The first kappa shape index (κ1) is 19.0. The second-order valence-electron chi connectivity index (χ2n) is 6.79. The zero-order valence-electron chi connectivity index (χ0n) is 13.4. The van der Waals surface area contributed by atoms with Crippen LogP contribution in [0.5, 0.6) is 0 Å². The van der Waals surface area contributed by atoms with E-state index in [1.165, 1.54) is 12.0 Å². The molecule has 2 heterocycles. The van der Waals surface area contributed by atoms with Gasteiger partial charge in [0.05, 0.1) is 13.7 Å². The topological polar surface area (TPSA) is 67.9 Å². The third-order valence-corrected chi connectivity index (χ3v) is 4.17. The van der Waals surface area contributed by atoms with Crippen LogP contribution in [0.25, 0.3) is 0 Å². The normalized spacial score (nSPS) is 31.0. The highest BCUT2D eigenvalue weighted by atomic mass is 35.5. The molecule has 0 bridgehead atoms. The maximum Gasteiger partial charge on any atom is 0.410 e. The van der Waals surface area contributed by atoms with Gasteiger partial charge in [-0.15, -0.1) is 12.4 Å². The number of methoxy groups -OCH3 is 1. The van der Waals surface area contributed by atoms with E-state index in [-0.39, 0.29) is 45.0 Å². The number of halogens is 2. The van der Waals surface area contributed by atoms with Crippen LogP contribution in [-0.4, -0.2) is 61.5 Å². The lowest BCUT2D eigenvalue weighted by atomic mass is 9.70. The molecule has 2 rings (SSSR count). The number of likely N-dealkylation sites (tertiary alicyclic amines) is 1. The summed E-state index contributed by atoms with van der Waals surface area (Å²) < 4.78 is 25.3. The molecule has 6 nitrogen and oxygen atoms in total. The molecule has 22 heavy (non-hydrogen) atoms. The van der Waals surface area contributed by atoms with Crippen molar-refractivity contribution in [1.29, 1.82) is 0 Å². The van der Waals surface area contributed by atoms with Gasteiger partial charge in [0, 0.05) is 19.6 Å². The quantitative estimate of drug-likeness (QED) is 0.734. The maximum atomic E-state index is 15.3. The lowest BCUT2D eigenvalue weighted by Crippen LogP contribution is -2.62. The molecule has 0 aromatic carbocycles. The van der Waals surface area contributed by atoms with Crippen LogP contribution in [0.4, 0.5) is 9.18 Å². The number of amides is 1. The van der Waals surface area contributed by atoms with Crippen LogP contribution in [0.3, 0.4) is 0 Å². The highest BCUT2D eigenvalue weighted by molar-refractivity contribution is 5.85. The number of carbonyl (C=O) groups excluding carboxylic acids is 2. The molecule has 128 valence electrons. The minimum absolute atomic E-state index is 0. The van der Waals surface area contributed by atoms with Crippen molar-refractivity contribution in [3.05, 3.63) is 0 Å². The van der Waals surface area contributed by atoms with E-state index in [4.69, 9.17) is 9.47 Å². The van der Waals surface area contributed by atoms with Gasteiger partial charge in [0.25, 0.3) is 0 Å². The number of alkyl halides is 1. The third kappa shape index (κ3) is 3.15. The average molecular weight is 339 g/mol. The summed E-state index contributed by atoms with van der Waals surface area (Å²) in [6, 6.07) is 0. The first-order chi connectivity index (χ1) is 9.63. The van der Waals surface area contributed by atoms with Crippen LogP contribution >= 0.6 is 12.4 Å². The summed E-state index contributed by atoms with van der Waals surface area (Å²) in [5, 5.41) is 2.91. The van der Waals surface area contributed by atoms with Gasteiger partial charge in [-0.3, -0.25) is 4.79 Å². The summed E-state index contributed by atoms with van der Waals surface area (Å²) in [4.78, 5) is 25.5. The highest BCUT2D eigenvalue weighted by Gasteiger charge is 2.64. The van der Waals surface area contributed by atoms with E-state index in [1.807, 2.05) is 0 Å². The van der Waals surface area contributed by atoms with E-state index in [0.717, 1.165) is 0 Å². The number of nitrogens with zero attached hydrogens (tertiary/aromatic N) is 1. The van der Waals surface area contributed by atoms with E-state index in [9.17, 15) is 9.59 Å². The second-order valence-corrected chi connectivity index (χ2v) is 6.79. The number of nitrogens with one attached hydrogen (secondary N) is 1. The summed E-state index contributed by atoms with van der Waals surface area (Å²) in [5.41, 5.74) is -3.67. The van der Waals surface area contributed by atoms with E-state index in [2.05, 4.69) is 5.32 Å². The van der Waals surface area contributed by atoms with Crippen LogP contribution in [0.15, 0.2) is 0 Å². The van der Waals surface area contributed by atoms with Gasteiger partial charge in [-0.25, -0.2) is 9.18 Å². The van der Waals surface area contributed by atoms with Gasteiger partial charge < -0.3 is 19.7 Å². The summed E-state index contributed by atoms with van der Waals surface area (Å²) in [7, 11) is 1.26. The summed E-state index contributed by atoms with van der Waals surface area (Å²) in [6.45, 7) is 5.66. The predicted molar refractivity (Wildman–Crippen MR) is 80.8 cm³/mol. The smallest absolute Gasteiger partial charge is 0.410 e. The van der Waals surface area contributed by atoms with Gasteiger partial charge in [0.1, 0.15) is 11.0 Å². The number of carbonyl (C=O) groups is 2. The molecule has 2 unspecified atom stereocenters. The maximum absolute atomic E-state index is 15.3. The van der Waals surface area contributed by atoms with Crippen molar-refractivity contribution in [1.82, 2.24) is 10.2 Å². The fourth-order valence-electron chi connectivity index (χ4n) is 3.06. The average Bonchev–Trinajstić information content (AvgIpc) is 2.72. The Balaban J connectivity index is 0.00000242. The molecule has 1 amide bonds. The summed E-state index contributed by atoms with van der Waals surface area (Å²) in [6.07, 6.45) is -0.326. The Morgan fingerprint density at radius 1 is 1.27 bits per heavy atom. The van der Waals surface area contributed by atoms with Crippen molar-refractivity contribution in [2.24, 2.45) is 5.41 Å². The molecule has 0 aromatic rings. The van der Waals surface area contributed by atoms with Gasteiger partial charge in [-0.2, -0.15) is 0 Å². The Morgan fingerprint density at radius 3 is 2.45 bits per heavy atom. The molecular weight excluding hydrogens is 315 g/mol. The highest BCUT2D eigenvalue weighted by Crippen LogP contribution is 2.46. The molecule has 1 N–H and O–H groups in total. The summed E-state index contributed by atoms with van der Waals surface area (Å²) >= 11 is 0. The van der Waals surface area contributed by atoms with Crippen LogP contribution in [-0.2, 0) is 14.3 Å². The molecule has 0 aromatic heterocycles. The molecule has 2 atom stereocenters. The first-order valence-electron chi connectivity index (χ1n) is 7.10. The minimum Gasteiger partial charge on any atom is -0.468 e. The minimum atomic E-state index is -1.82. The van der Waals surface area contributed by atoms with Crippen LogP contribution in [0.1, 0.15) is 27.2 Å². The van der Waals surface area contributed by atoms with E-state index < -0.39 is 28.7 Å². The fraction of sp³-hybridized carbons (Fsp3) is 0.857. The zero-order valence-corrected chi connectivity index (χ0v) is 14.2. The molecule has 0 saturated carbocycles. The molecule has 0 radical (unpaired) electrons. The van der Waals surface area contributed by atoms with Crippen molar-refractivity contribution in [2.75, 3.05) is 33.3 Å². The van der Waals surface area contributed by atoms with Gasteiger partial charge in [0.15, 0.2) is 5.67 Å². The van der Waals surface area contributed by atoms with Crippen LogP contribution in [0.2, 0.25) is 0 Å². The Morgan fingerprint density at radius 2 is 1.91 bits per heavy atom. The number of piperidine rings is 1. The molecule has 2 fully saturated rings. The monoisotopic (exact) mass is 338 g/mol. The van der Waals surface area contributed by atoms with E-state index in [0.29, 0.717) is 0 Å². The van der Waals surface area contributed by atoms with Gasteiger partial charge in [-0.1, -0.05) is 0 Å². The van der Waals surface area contributed by atoms with Crippen molar-refractivity contribution in [3.63, 3.8) is 0 Å². The lowest BCUT2D eigenvalue weighted by molar-refractivity contribution is -0.165. The molecular formula is C14H24ClFN2O4. The molecule has 0 spiro atoms. The molecule has 2 aliphatic heterocycles. The summed E-state index contributed by atoms with van der Waals surface area (Å²) in [5.74, 6) is -0.557. The fourth-order valence-corrected chi connectivity index (χ4v) is 3.06. The molecule has 2 saturated heterocycles. The number of hydrogen-bond acceptors (Lipinski definition) is 5. The Kier molecular flexibility index (Phi) is 5.34. The van der Waals surface area contributed by atoms with Crippen molar-refractivity contribution in [3.8, 4) is 0 Å². The van der Waals surface area contributed by atoms with Gasteiger partial charge >= 0.3 is 12.1 Å². The third-order valence-electron chi connectivity index (χ3n) is 4.17. The molecule has 8 heteroatoms. The number of esters is 1. The van der Waals surface area contributed by atoms with Crippen molar-refractivity contribution >= 4 is 24.5 Å². The number of hydrogen-bond donors (Lipinski definition) is 1. The second kappa shape index (κ2) is 6.20. The number of fused-ring (bicyclic) bond motifs is 1. The van der Waals surface area contributed by atoms with Crippen LogP contribution in [0, 0.1) is 5.41 Å². The first-order valence-corrected chi connectivity index (χ1v) is 7.10. The lowest BCUT2D eigenvalue weighted by Gasteiger charge is -2.45. The molecule has 2 aliphatic rings. The van der Waals surface area contributed by atoms with Crippen molar-refractivity contribution in [2.45, 2.75) is 38.5 Å².